The molecule has 0 atom stereocenters. The first kappa shape index (κ1) is 11.2. The van der Waals surface area contributed by atoms with Gasteiger partial charge >= 0.3 is 0 Å². The van der Waals surface area contributed by atoms with Crippen molar-refractivity contribution in [2.24, 2.45) is 0 Å². The van der Waals surface area contributed by atoms with Crippen LogP contribution in [0.25, 0.3) is 0 Å². The lowest BCUT2D eigenvalue weighted by Crippen LogP contribution is -2.25. The van der Waals surface area contributed by atoms with Crippen LogP contribution in [0.3, 0.4) is 0 Å². The molecule has 0 aliphatic carbocycles. The zero-order valence-corrected chi connectivity index (χ0v) is 9.80. The number of benzene rings is 1. The van der Waals surface area contributed by atoms with Crippen LogP contribution in [0.5, 0.6) is 11.5 Å². The summed E-state index contributed by atoms with van der Waals surface area (Å²) in [6, 6.07) is 5.65. The quantitative estimate of drug-likeness (QED) is 0.634. The number of rotatable bonds is 4. The first-order valence-corrected chi connectivity index (χ1v) is 5.39. The van der Waals surface area contributed by atoms with Crippen molar-refractivity contribution >= 4 is 17.2 Å². The molecule has 0 amide bonds. The first-order chi connectivity index (χ1) is 7.81. The number of hydrogen-bond donors (Lipinski definition) is 1. The number of hydrogen-bond acceptors (Lipinski definition) is 4. The van der Waals surface area contributed by atoms with Crippen LogP contribution in [0.1, 0.15) is 5.56 Å². The van der Waals surface area contributed by atoms with Gasteiger partial charge in [-0.3, -0.25) is 0 Å². The average molecular weight is 239 g/mol. The Balaban J connectivity index is 2.01. The zero-order valence-electron chi connectivity index (χ0n) is 8.99. The Morgan fingerprint density at radius 2 is 2.25 bits per heavy atom. The van der Waals surface area contributed by atoms with E-state index in [9.17, 15) is 0 Å². The maximum atomic E-state index is 5.28. The highest BCUT2D eigenvalue weighted by atomic mass is 32.1. The van der Waals surface area contributed by atoms with Gasteiger partial charge in [0, 0.05) is 19.2 Å². The summed E-state index contributed by atoms with van der Waals surface area (Å²) >= 11 is 5.24. The van der Waals surface area contributed by atoms with Crippen molar-refractivity contribution in [1.29, 1.82) is 0 Å². The molecular formula is C11H13NO3S. The fourth-order valence-corrected chi connectivity index (χ4v) is 1.64. The van der Waals surface area contributed by atoms with Crippen LogP contribution in [0.2, 0.25) is 0 Å². The highest BCUT2D eigenvalue weighted by molar-refractivity contribution is 7.80. The van der Waals surface area contributed by atoms with Gasteiger partial charge in [0.2, 0.25) is 6.79 Å². The Hall–Kier alpha value is -1.33. The Morgan fingerprint density at radius 3 is 3.06 bits per heavy atom. The molecule has 0 spiro atoms. The van der Waals surface area contributed by atoms with E-state index >= 15 is 0 Å². The van der Waals surface area contributed by atoms with Crippen LogP contribution in [-0.2, 0) is 4.74 Å². The predicted molar refractivity (Wildman–Crippen MR) is 64.1 cm³/mol. The fourth-order valence-electron chi connectivity index (χ4n) is 1.41. The summed E-state index contributed by atoms with van der Waals surface area (Å²) in [7, 11) is 1.66. The van der Waals surface area contributed by atoms with E-state index < -0.39 is 0 Å². The van der Waals surface area contributed by atoms with Gasteiger partial charge in [0.15, 0.2) is 11.5 Å². The summed E-state index contributed by atoms with van der Waals surface area (Å²) in [5.41, 5.74) is 0.926. The number of methoxy groups -OCH3 is 1. The van der Waals surface area contributed by atoms with E-state index in [1.165, 1.54) is 0 Å². The van der Waals surface area contributed by atoms with Crippen molar-refractivity contribution in [3.63, 3.8) is 0 Å². The number of ether oxygens (including phenoxy) is 3. The van der Waals surface area contributed by atoms with Crippen LogP contribution in [0, 0.1) is 0 Å². The second kappa shape index (κ2) is 5.14. The normalized spacial score (nSPS) is 12.6. The van der Waals surface area contributed by atoms with Gasteiger partial charge in [0.1, 0.15) is 4.99 Å². The smallest absolute Gasteiger partial charge is 0.231 e. The highest BCUT2D eigenvalue weighted by Crippen LogP contribution is 2.32. The van der Waals surface area contributed by atoms with Crippen molar-refractivity contribution in [1.82, 2.24) is 5.32 Å². The topological polar surface area (TPSA) is 39.7 Å². The molecule has 1 aliphatic heterocycles. The van der Waals surface area contributed by atoms with Crippen LogP contribution in [-0.4, -0.2) is 32.0 Å². The van der Waals surface area contributed by atoms with E-state index in [1.807, 2.05) is 18.2 Å². The lowest BCUT2D eigenvalue weighted by Gasteiger charge is -2.07. The van der Waals surface area contributed by atoms with Gasteiger partial charge in [0.25, 0.3) is 0 Å². The van der Waals surface area contributed by atoms with Gasteiger partial charge in [0.05, 0.1) is 6.61 Å². The molecule has 0 saturated carbocycles. The molecule has 1 aliphatic rings. The molecule has 86 valence electrons. The van der Waals surface area contributed by atoms with E-state index in [1.54, 1.807) is 7.11 Å². The molecule has 0 radical (unpaired) electrons. The molecule has 0 fully saturated rings. The van der Waals surface area contributed by atoms with Gasteiger partial charge in [-0.25, -0.2) is 0 Å². The molecule has 1 N–H and O–H groups in total. The molecule has 4 nitrogen and oxygen atoms in total. The Morgan fingerprint density at radius 1 is 1.44 bits per heavy atom. The second-order valence-corrected chi connectivity index (χ2v) is 3.72. The van der Waals surface area contributed by atoms with E-state index in [2.05, 4.69) is 5.32 Å². The standard InChI is InChI=1S/C11H13NO3S/c1-13-5-4-12-11(16)8-2-3-9-10(6-8)15-7-14-9/h2-3,6H,4-5,7H2,1H3,(H,12,16). The van der Waals surface area contributed by atoms with E-state index in [4.69, 9.17) is 26.4 Å². The third-order valence-corrected chi connectivity index (χ3v) is 2.61. The molecule has 5 heteroatoms. The minimum Gasteiger partial charge on any atom is -0.454 e. The Bertz CT molecular complexity index is 395. The number of nitrogens with one attached hydrogen (secondary N) is 1. The zero-order chi connectivity index (χ0) is 11.4. The molecular weight excluding hydrogens is 226 g/mol. The molecule has 0 unspecified atom stereocenters. The van der Waals surface area contributed by atoms with Crippen molar-refractivity contribution in [2.45, 2.75) is 0 Å². The molecule has 0 bridgehead atoms. The first-order valence-electron chi connectivity index (χ1n) is 4.98. The fraction of sp³-hybridized carbons (Fsp3) is 0.364. The molecule has 16 heavy (non-hydrogen) atoms. The van der Waals surface area contributed by atoms with Crippen LogP contribution in [0.4, 0.5) is 0 Å². The summed E-state index contributed by atoms with van der Waals surface area (Å²) in [5.74, 6) is 1.51. The van der Waals surface area contributed by atoms with Gasteiger partial charge in [-0.15, -0.1) is 0 Å². The van der Waals surface area contributed by atoms with E-state index in [0.29, 0.717) is 18.1 Å². The maximum Gasteiger partial charge on any atom is 0.231 e. The van der Waals surface area contributed by atoms with Crippen molar-refractivity contribution in [3.05, 3.63) is 23.8 Å². The van der Waals surface area contributed by atoms with Gasteiger partial charge in [-0.05, 0) is 18.2 Å². The number of thiocarbonyl (C=S) groups is 1. The summed E-state index contributed by atoms with van der Waals surface area (Å²) < 4.78 is 15.4. The van der Waals surface area contributed by atoms with Crippen molar-refractivity contribution in [3.8, 4) is 11.5 Å². The van der Waals surface area contributed by atoms with Gasteiger partial charge < -0.3 is 19.5 Å². The van der Waals surface area contributed by atoms with Crippen LogP contribution < -0.4 is 14.8 Å². The second-order valence-electron chi connectivity index (χ2n) is 3.32. The monoisotopic (exact) mass is 239 g/mol. The molecule has 0 aromatic heterocycles. The molecule has 1 aromatic rings. The lowest BCUT2D eigenvalue weighted by atomic mass is 10.2. The summed E-state index contributed by atoms with van der Waals surface area (Å²) in [4.78, 5) is 0.690. The molecule has 1 heterocycles. The number of fused-ring (bicyclic) bond motifs is 1. The average Bonchev–Trinajstić information content (AvgIpc) is 2.76. The van der Waals surface area contributed by atoms with E-state index in [-0.39, 0.29) is 6.79 Å². The predicted octanol–water partition coefficient (Wildman–Crippen LogP) is 1.33. The molecule has 2 rings (SSSR count). The minimum atomic E-state index is 0.280. The van der Waals surface area contributed by atoms with Crippen LogP contribution >= 0.6 is 12.2 Å². The third-order valence-electron chi connectivity index (χ3n) is 2.23. The maximum absolute atomic E-state index is 5.28. The third kappa shape index (κ3) is 2.43. The van der Waals surface area contributed by atoms with Crippen molar-refractivity contribution in [2.75, 3.05) is 27.1 Å². The van der Waals surface area contributed by atoms with Crippen LogP contribution in [0.15, 0.2) is 18.2 Å². The largest absolute Gasteiger partial charge is 0.454 e. The summed E-state index contributed by atoms with van der Waals surface area (Å²) in [6.07, 6.45) is 0. The van der Waals surface area contributed by atoms with Crippen molar-refractivity contribution < 1.29 is 14.2 Å². The Kier molecular flexibility index (Phi) is 3.58. The van der Waals surface area contributed by atoms with E-state index in [0.717, 1.165) is 17.1 Å². The SMILES string of the molecule is COCCNC(=S)c1ccc2c(c1)OCO2. The van der Waals surface area contributed by atoms with Gasteiger partial charge in [-0.1, -0.05) is 12.2 Å². The lowest BCUT2D eigenvalue weighted by molar-refractivity contribution is 0.174. The Labute approximate surface area is 99.5 Å². The summed E-state index contributed by atoms with van der Waals surface area (Å²) in [6.45, 7) is 1.61. The summed E-state index contributed by atoms with van der Waals surface area (Å²) in [5, 5.41) is 3.10. The minimum absolute atomic E-state index is 0.280. The highest BCUT2D eigenvalue weighted by Gasteiger charge is 2.14. The molecule has 0 saturated heterocycles. The molecule has 1 aromatic carbocycles. The van der Waals surface area contributed by atoms with Gasteiger partial charge in [-0.2, -0.15) is 0 Å².